The zero-order chi connectivity index (χ0) is 22.1. The molecule has 164 valence electrons. The van der Waals surface area contributed by atoms with Gasteiger partial charge in [-0.05, 0) is 42.2 Å². The Morgan fingerprint density at radius 1 is 1.25 bits per heavy atom. The molecule has 1 aromatic carbocycles. The summed E-state index contributed by atoms with van der Waals surface area (Å²) in [6, 6.07) is 7.37. The number of amides is 2. The molecule has 0 bridgehead atoms. The first-order valence-corrected chi connectivity index (χ1v) is 11.3. The summed E-state index contributed by atoms with van der Waals surface area (Å²) >= 11 is 1.31. The lowest BCUT2D eigenvalue weighted by atomic mass is 9.94. The Kier molecular flexibility index (Phi) is 5.48. The molecule has 0 saturated carbocycles. The number of carbonyl (C=O) groups is 2. The number of nitrogens with one attached hydrogen (secondary N) is 1. The van der Waals surface area contributed by atoms with Gasteiger partial charge in [0, 0.05) is 31.5 Å². The van der Waals surface area contributed by atoms with Gasteiger partial charge >= 0.3 is 0 Å². The Balaban J connectivity index is 1.28. The van der Waals surface area contributed by atoms with Gasteiger partial charge in [-0.2, -0.15) is 0 Å². The van der Waals surface area contributed by atoms with E-state index in [2.05, 4.69) is 15.3 Å². The van der Waals surface area contributed by atoms with E-state index in [0.717, 1.165) is 22.4 Å². The normalized spacial score (nSPS) is 16.9. The molecule has 0 aliphatic carbocycles. The number of hydrogen-bond acceptors (Lipinski definition) is 7. The van der Waals surface area contributed by atoms with Crippen LogP contribution >= 0.6 is 11.3 Å². The predicted octanol–water partition coefficient (Wildman–Crippen LogP) is 2.50. The summed E-state index contributed by atoms with van der Waals surface area (Å²) in [5.74, 6) is 1.01. The zero-order valence-corrected chi connectivity index (χ0v) is 18.4. The first-order valence-electron chi connectivity index (χ1n) is 10.4. The minimum Gasteiger partial charge on any atom is -0.485 e. The van der Waals surface area contributed by atoms with Crippen molar-refractivity contribution in [1.29, 1.82) is 0 Å². The van der Waals surface area contributed by atoms with Crippen LogP contribution in [0.25, 0.3) is 0 Å². The summed E-state index contributed by atoms with van der Waals surface area (Å²) in [6.07, 6.45) is 3.42. The van der Waals surface area contributed by atoms with Gasteiger partial charge in [0.15, 0.2) is 11.5 Å². The molecule has 0 radical (unpaired) electrons. The molecule has 9 heteroatoms. The summed E-state index contributed by atoms with van der Waals surface area (Å²) in [5.41, 5.74) is 5.68. The quantitative estimate of drug-likeness (QED) is 0.657. The van der Waals surface area contributed by atoms with E-state index in [1.165, 1.54) is 11.3 Å². The third-order valence-corrected chi connectivity index (χ3v) is 6.54. The number of aryl methyl sites for hydroxylation is 1. The second-order valence-electron chi connectivity index (χ2n) is 7.75. The van der Waals surface area contributed by atoms with Crippen molar-refractivity contribution in [3.05, 3.63) is 69.4 Å². The lowest BCUT2D eigenvalue weighted by molar-refractivity contribution is -0.142. The van der Waals surface area contributed by atoms with E-state index in [-0.39, 0.29) is 18.4 Å². The Morgan fingerprint density at radius 2 is 2.09 bits per heavy atom. The molecule has 32 heavy (non-hydrogen) atoms. The molecule has 2 aromatic heterocycles. The van der Waals surface area contributed by atoms with Gasteiger partial charge in [-0.3, -0.25) is 19.6 Å². The third kappa shape index (κ3) is 3.91. The van der Waals surface area contributed by atoms with Crippen molar-refractivity contribution in [3.8, 4) is 11.5 Å². The molecule has 0 saturated heterocycles. The molecule has 2 aliphatic rings. The van der Waals surface area contributed by atoms with Crippen LogP contribution in [0, 0.1) is 6.92 Å². The lowest BCUT2D eigenvalue weighted by Gasteiger charge is -2.34. The zero-order valence-electron chi connectivity index (χ0n) is 17.5. The van der Waals surface area contributed by atoms with E-state index < -0.39 is 6.10 Å². The van der Waals surface area contributed by atoms with Crippen molar-refractivity contribution in [1.82, 2.24) is 20.2 Å². The highest BCUT2D eigenvalue weighted by Gasteiger charge is 2.33. The Hall–Kier alpha value is -3.46. The number of pyridine rings is 1. The average Bonchev–Trinajstić information content (AvgIpc) is 3.37. The predicted molar refractivity (Wildman–Crippen MR) is 118 cm³/mol. The Labute approximate surface area is 189 Å². The molecular formula is C23H22N4O4S. The van der Waals surface area contributed by atoms with E-state index >= 15 is 0 Å². The lowest BCUT2D eigenvalue weighted by Crippen LogP contribution is -2.48. The summed E-state index contributed by atoms with van der Waals surface area (Å²) in [6.45, 7) is 3.56. The van der Waals surface area contributed by atoms with Crippen LogP contribution in [0.5, 0.6) is 11.5 Å². The number of nitrogens with zero attached hydrogens (tertiary/aromatic N) is 3. The first-order chi connectivity index (χ1) is 15.6. The third-order valence-electron chi connectivity index (χ3n) is 5.77. The molecule has 4 heterocycles. The van der Waals surface area contributed by atoms with Gasteiger partial charge in [0.25, 0.3) is 11.8 Å². The molecule has 3 aromatic rings. The molecule has 0 unspecified atom stereocenters. The molecule has 0 spiro atoms. The van der Waals surface area contributed by atoms with Crippen LogP contribution < -0.4 is 14.8 Å². The van der Waals surface area contributed by atoms with Crippen LogP contribution in [0.4, 0.5) is 0 Å². The number of carbonyl (C=O) groups excluding carboxylic acids is 2. The second kappa shape index (κ2) is 8.58. The fourth-order valence-corrected chi connectivity index (χ4v) is 4.61. The fourth-order valence-electron chi connectivity index (χ4n) is 4.07. The van der Waals surface area contributed by atoms with Gasteiger partial charge in [-0.1, -0.05) is 12.1 Å². The Bertz CT molecular complexity index is 1160. The largest absolute Gasteiger partial charge is 0.485 e. The maximum Gasteiger partial charge on any atom is 0.267 e. The highest BCUT2D eigenvalue weighted by atomic mass is 32.1. The van der Waals surface area contributed by atoms with Crippen LogP contribution in [0.2, 0.25) is 0 Å². The van der Waals surface area contributed by atoms with Gasteiger partial charge in [0.05, 0.1) is 11.7 Å². The van der Waals surface area contributed by atoms with Crippen molar-refractivity contribution < 1.29 is 19.1 Å². The van der Waals surface area contributed by atoms with Crippen LogP contribution in [0.15, 0.2) is 42.2 Å². The van der Waals surface area contributed by atoms with Gasteiger partial charge in [0.2, 0.25) is 6.10 Å². The minimum absolute atomic E-state index is 0.0919. The smallest absolute Gasteiger partial charge is 0.267 e. The van der Waals surface area contributed by atoms with Crippen molar-refractivity contribution in [2.75, 3.05) is 13.2 Å². The molecule has 2 amide bonds. The summed E-state index contributed by atoms with van der Waals surface area (Å²) in [4.78, 5) is 36.3. The minimum atomic E-state index is -0.664. The maximum absolute atomic E-state index is 13.1. The highest BCUT2D eigenvalue weighted by molar-refractivity contribution is 7.11. The number of ether oxygens (including phenoxy) is 2. The van der Waals surface area contributed by atoms with Crippen molar-refractivity contribution in [2.45, 2.75) is 32.5 Å². The van der Waals surface area contributed by atoms with Crippen molar-refractivity contribution in [2.24, 2.45) is 0 Å². The van der Waals surface area contributed by atoms with E-state index in [1.807, 2.05) is 31.3 Å². The Morgan fingerprint density at radius 3 is 2.91 bits per heavy atom. The maximum atomic E-state index is 13.1. The molecule has 2 aliphatic heterocycles. The van der Waals surface area contributed by atoms with Crippen LogP contribution in [-0.4, -0.2) is 45.9 Å². The topological polar surface area (TPSA) is 93.7 Å². The van der Waals surface area contributed by atoms with E-state index in [0.29, 0.717) is 42.4 Å². The van der Waals surface area contributed by atoms with Gasteiger partial charge in [-0.25, -0.2) is 0 Å². The van der Waals surface area contributed by atoms with Gasteiger partial charge in [0.1, 0.15) is 11.5 Å². The number of thiazole rings is 1. The molecule has 1 N–H and O–H groups in total. The van der Waals surface area contributed by atoms with Crippen molar-refractivity contribution in [3.63, 3.8) is 0 Å². The molecular weight excluding hydrogens is 428 g/mol. The van der Waals surface area contributed by atoms with E-state index in [1.54, 1.807) is 22.7 Å². The fraction of sp³-hybridized carbons (Fsp3) is 0.304. The number of hydrogen-bond donors (Lipinski definition) is 1. The first kappa shape index (κ1) is 20.4. The number of benzene rings is 1. The van der Waals surface area contributed by atoms with Crippen molar-refractivity contribution >= 4 is 23.2 Å². The summed E-state index contributed by atoms with van der Waals surface area (Å²) in [7, 11) is 0. The average molecular weight is 451 g/mol. The molecule has 5 rings (SSSR count). The SMILES string of the molecule is Cc1ncc2c(c1CNC(=O)c1cncs1)CCN(C(=O)[C@H]1COc3ccccc3O1)C2. The number of para-hydroxylation sites is 2. The number of fused-ring (bicyclic) bond motifs is 2. The molecule has 0 fully saturated rings. The summed E-state index contributed by atoms with van der Waals surface area (Å²) in [5, 5.41) is 2.96. The van der Waals surface area contributed by atoms with Crippen LogP contribution in [-0.2, 0) is 24.3 Å². The van der Waals surface area contributed by atoms with Crippen LogP contribution in [0.3, 0.4) is 0 Å². The van der Waals surface area contributed by atoms with E-state index in [4.69, 9.17) is 9.47 Å². The number of rotatable bonds is 4. The van der Waals surface area contributed by atoms with Gasteiger partial charge < -0.3 is 19.7 Å². The number of aromatic nitrogens is 2. The van der Waals surface area contributed by atoms with Gasteiger partial charge in [-0.15, -0.1) is 11.3 Å². The summed E-state index contributed by atoms with van der Waals surface area (Å²) < 4.78 is 11.6. The highest BCUT2D eigenvalue weighted by Crippen LogP contribution is 2.32. The molecule has 1 atom stereocenters. The second-order valence-corrected chi connectivity index (χ2v) is 8.63. The van der Waals surface area contributed by atoms with Crippen LogP contribution in [0.1, 0.15) is 32.1 Å². The monoisotopic (exact) mass is 450 g/mol. The standard InChI is InChI=1S/C23H22N4O4S/c1-14-17(9-26-22(28)21-10-24-13-32-21)16-6-7-27(11-15(16)8-25-14)23(29)20-12-30-18-4-2-3-5-19(18)31-20/h2-5,8,10,13,20H,6-7,9,11-12H2,1H3,(H,26,28)/t20-/m1/s1. The van der Waals surface area contributed by atoms with E-state index in [9.17, 15) is 9.59 Å². The molecule has 8 nitrogen and oxygen atoms in total.